The predicted octanol–water partition coefficient (Wildman–Crippen LogP) is 3.54. The molecule has 2 aromatic heterocycles. The number of benzene rings is 1. The minimum absolute atomic E-state index is 0.181. The van der Waals surface area contributed by atoms with Crippen LogP contribution in [0.25, 0.3) is 10.2 Å². The Morgan fingerprint density at radius 1 is 1.19 bits per heavy atom. The zero-order valence-electron chi connectivity index (χ0n) is 15.7. The van der Waals surface area contributed by atoms with Crippen molar-refractivity contribution in [3.05, 3.63) is 50.4 Å². The van der Waals surface area contributed by atoms with E-state index >= 15 is 0 Å². The molecule has 7 nitrogen and oxygen atoms in total. The highest BCUT2D eigenvalue weighted by molar-refractivity contribution is 7.18. The summed E-state index contributed by atoms with van der Waals surface area (Å²) in [6.07, 6.45) is -0.757. The topological polar surface area (TPSA) is 90.5 Å². The van der Waals surface area contributed by atoms with Crippen molar-refractivity contribution in [1.29, 1.82) is 0 Å². The summed E-state index contributed by atoms with van der Waals surface area (Å²) in [7, 11) is 2.92. The van der Waals surface area contributed by atoms with Crippen LogP contribution < -0.4 is 15.0 Å². The molecule has 0 aliphatic heterocycles. The normalized spacial score (nSPS) is 12.0. The standard InChI is InChI=1S/C19H20N2O5S/c1-9-11(3)27-18-14(9)17(22)20-16(21-18)10(2)26-19(23)15-12(24-4)7-6-8-13(15)25-5/h6-8,10H,1-5H3,(H,20,21,22). The highest BCUT2D eigenvalue weighted by Crippen LogP contribution is 2.31. The third kappa shape index (κ3) is 3.40. The number of hydrogen-bond donors (Lipinski definition) is 1. The number of nitrogens with one attached hydrogen (secondary N) is 1. The molecule has 0 saturated carbocycles. The van der Waals surface area contributed by atoms with E-state index in [-0.39, 0.29) is 16.9 Å². The van der Waals surface area contributed by atoms with Crippen LogP contribution >= 0.6 is 11.3 Å². The molecule has 2 heterocycles. The smallest absolute Gasteiger partial charge is 0.346 e. The van der Waals surface area contributed by atoms with Gasteiger partial charge < -0.3 is 19.2 Å². The third-order valence-electron chi connectivity index (χ3n) is 4.36. The van der Waals surface area contributed by atoms with E-state index in [4.69, 9.17) is 14.2 Å². The Balaban J connectivity index is 1.94. The van der Waals surface area contributed by atoms with Crippen molar-refractivity contribution in [3.8, 4) is 11.5 Å². The van der Waals surface area contributed by atoms with Crippen molar-refractivity contribution >= 4 is 27.5 Å². The number of hydrogen-bond acceptors (Lipinski definition) is 7. The maximum absolute atomic E-state index is 12.7. The van der Waals surface area contributed by atoms with E-state index in [0.717, 1.165) is 10.4 Å². The largest absolute Gasteiger partial charge is 0.496 e. The lowest BCUT2D eigenvalue weighted by molar-refractivity contribution is 0.0313. The molecule has 142 valence electrons. The molecule has 1 N–H and O–H groups in total. The molecule has 3 aromatic rings. The molecule has 1 atom stereocenters. The number of nitrogens with zero attached hydrogens (tertiary/aromatic N) is 1. The molecule has 27 heavy (non-hydrogen) atoms. The van der Waals surface area contributed by atoms with Crippen molar-refractivity contribution in [1.82, 2.24) is 9.97 Å². The summed E-state index contributed by atoms with van der Waals surface area (Å²) in [5, 5.41) is 0.575. The van der Waals surface area contributed by atoms with E-state index in [2.05, 4.69) is 9.97 Å². The van der Waals surface area contributed by atoms with E-state index < -0.39 is 12.1 Å². The van der Waals surface area contributed by atoms with Crippen LogP contribution in [0.5, 0.6) is 11.5 Å². The van der Waals surface area contributed by atoms with Gasteiger partial charge >= 0.3 is 5.97 Å². The van der Waals surface area contributed by atoms with Gasteiger partial charge in [-0.1, -0.05) is 6.07 Å². The molecule has 0 aliphatic rings. The summed E-state index contributed by atoms with van der Waals surface area (Å²) in [5.41, 5.74) is 0.855. The van der Waals surface area contributed by atoms with Gasteiger partial charge in [0.15, 0.2) is 11.9 Å². The summed E-state index contributed by atoms with van der Waals surface area (Å²) in [6.45, 7) is 5.48. The lowest BCUT2D eigenvalue weighted by Crippen LogP contribution is -2.18. The van der Waals surface area contributed by atoms with Crippen LogP contribution in [0.4, 0.5) is 0 Å². The fraction of sp³-hybridized carbons (Fsp3) is 0.316. The molecule has 0 radical (unpaired) electrons. The second kappa shape index (κ2) is 7.40. The van der Waals surface area contributed by atoms with Gasteiger partial charge in [0.1, 0.15) is 21.9 Å². The minimum Gasteiger partial charge on any atom is -0.496 e. The number of aromatic amines is 1. The molecule has 0 bridgehead atoms. The third-order valence-corrected chi connectivity index (χ3v) is 5.46. The Bertz CT molecular complexity index is 1050. The summed E-state index contributed by atoms with van der Waals surface area (Å²) in [6, 6.07) is 5.01. The maximum atomic E-state index is 12.7. The zero-order chi connectivity index (χ0) is 19.7. The average Bonchev–Trinajstić information content (AvgIpc) is 2.94. The maximum Gasteiger partial charge on any atom is 0.346 e. The molecule has 3 rings (SSSR count). The first-order valence-electron chi connectivity index (χ1n) is 8.29. The Labute approximate surface area is 159 Å². The van der Waals surface area contributed by atoms with Gasteiger partial charge in [-0.3, -0.25) is 4.79 Å². The number of aryl methyl sites for hydroxylation is 2. The number of thiophene rings is 1. The molecular formula is C19H20N2O5S. The second-order valence-electron chi connectivity index (χ2n) is 6.00. The van der Waals surface area contributed by atoms with Crippen molar-refractivity contribution < 1.29 is 19.0 Å². The first-order valence-corrected chi connectivity index (χ1v) is 9.10. The van der Waals surface area contributed by atoms with Crippen molar-refractivity contribution in [2.24, 2.45) is 0 Å². The Kier molecular flexibility index (Phi) is 5.18. The fourth-order valence-corrected chi connectivity index (χ4v) is 3.83. The van der Waals surface area contributed by atoms with Crippen LogP contribution in [-0.2, 0) is 4.74 Å². The summed E-state index contributed by atoms with van der Waals surface area (Å²) in [4.78, 5) is 34.0. The van der Waals surface area contributed by atoms with Gasteiger partial charge in [0, 0.05) is 4.88 Å². The highest BCUT2D eigenvalue weighted by Gasteiger charge is 2.24. The van der Waals surface area contributed by atoms with E-state index in [1.54, 1.807) is 25.1 Å². The van der Waals surface area contributed by atoms with E-state index in [1.165, 1.54) is 25.6 Å². The highest BCUT2D eigenvalue weighted by atomic mass is 32.1. The molecule has 0 aliphatic carbocycles. The monoisotopic (exact) mass is 388 g/mol. The van der Waals surface area contributed by atoms with Crippen LogP contribution in [0.3, 0.4) is 0 Å². The number of fused-ring (bicyclic) bond motifs is 1. The Hall–Kier alpha value is -2.87. The van der Waals surface area contributed by atoms with Gasteiger partial charge in [-0.05, 0) is 38.5 Å². The molecule has 1 unspecified atom stereocenters. The zero-order valence-corrected chi connectivity index (χ0v) is 16.5. The number of carbonyl (C=O) groups excluding carboxylic acids is 1. The average molecular weight is 388 g/mol. The molecule has 0 amide bonds. The fourth-order valence-electron chi connectivity index (χ4n) is 2.79. The number of aromatic nitrogens is 2. The van der Waals surface area contributed by atoms with Crippen LogP contribution in [0.15, 0.2) is 23.0 Å². The van der Waals surface area contributed by atoms with Crippen LogP contribution in [0, 0.1) is 13.8 Å². The first-order chi connectivity index (χ1) is 12.9. The quantitative estimate of drug-likeness (QED) is 0.673. The van der Waals surface area contributed by atoms with Gasteiger partial charge in [-0.2, -0.15) is 0 Å². The Morgan fingerprint density at radius 3 is 2.41 bits per heavy atom. The molecule has 0 fully saturated rings. The first kappa shape index (κ1) is 18.9. The summed E-state index contributed by atoms with van der Waals surface area (Å²) < 4.78 is 16.0. The van der Waals surface area contributed by atoms with Gasteiger partial charge in [0.25, 0.3) is 5.56 Å². The van der Waals surface area contributed by atoms with Crippen LogP contribution in [0.2, 0.25) is 0 Å². The summed E-state index contributed by atoms with van der Waals surface area (Å²) >= 11 is 1.44. The predicted molar refractivity (Wildman–Crippen MR) is 103 cm³/mol. The second-order valence-corrected chi connectivity index (χ2v) is 7.20. The van der Waals surface area contributed by atoms with E-state index in [1.807, 2.05) is 13.8 Å². The summed E-state index contributed by atoms with van der Waals surface area (Å²) in [5.74, 6) is 0.343. The molecule has 8 heteroatoms. The van der Waals surface area contributed by atoms with Crippen molar-refractivity contribution in [2.45, 2.75) is 26.9 Å². The van der Waals surface area contributed by atoms with E-state index in [0.29, 0.717) is 21.7 Å². The number of methoxy groups -OCH3 is 2. The molecular weight excluding hydrogens is 368 g/mol. The lowest BCUT2D eigenvalue weighted by atomic mass is 10.1. The Morgan fingerprint density at radius 2 is 1.81 bits per heavy atom. The lowest BCUT2D eigenvalue weighted by Gasteiger charge is -2.16. The van der Waals surface area contributed by atoms with Gasteiger partial charge in [0.05, 0.1) is 19.6 Å². The number of esters is 1. The van der Waals surface area contributed by atoms with Crippen LogP contribution in [-0.4, -0.2) is 30.2 Å². The number of ether oxygens (including phenoxy) is 3. The van der Waals surface area contributed by atoms with Gasteiger partial charge in [-0.15, -0.1) is 11.3 Å². The SMILES string of the molecule is COc1cccc(OC)c1C(=O)OC(C)c1nc2sc(C)c(C)c2c(=O)[nH]1. The number of rotatable bonds is 5. The molecule has 0 spiro atoms. The van der Waals surface area contributed by atoms with Gasteiger partial charge in [0.2, 0.25) is 0 Å². The molecule has 1 aromatic carbocycles. The molecule has 0 saturated heterocycles. The number of carbonyl (C=O) groups is 1. The van der Waals surface area contributed by atoms with Crippen molar-refractivity contribution in [3.63, 3.8) is 0 Å². The minimum atomic E-state index is -0.757. The van der Waals surface area contributed by atoms with E-state index in [9.17, 15) is 9.59 Å². The van der Waals surface area contributed by atoms with Gasteiger partial charge in [-0.25, -0.2) is 9.78 Å². The van der Waals surface area contributed by atoms with Crippen molar-refractivity contribution in [2.75, 3.05) is 14.2 Å². The van der Waals surface area contributed by atoms with Crippen LogP contribution in [0.1, 0.15) is 39.7 Å². The number of H-pyrrole nitrogens is 1.